The van der Waals surface area contributed by atoms with E-state index >= 15 is 0 Å². The van der Waals surface area contributed by atoms with Gasteiger partial charge in [-0.3, -0.25) is 0 Å². The maximum Gasteiger partial charge on any atom is 0.118 e. The second-order valence-corrected chi connectivity index (χ2v) is 4.62. The van der Waals surface area contributed by atoms with Crippen LogP contribution in [-0.2, 0) is 11.3 Å². The Labute approximate surface area is 103 Å². The van der Waals surface area contributed by atoms with Crippen molar-refractivity contribution in [1.82, 2.24) is 0 Å². The maximum atomic E-state index is 5.95. The Morgan fingerprint density at radius 2 is 2.00 bits per heavy atom. The van der Waals surface area contributed by atoms with E-state index in [1.807, 2.05) is 24.3 Å². The lowest BCUT2D eigenvalue weighted by molar-refractivity contribution is 0.0182. The summed E-state index contributed by atoms with van der Waals surface area (Å²) in [5.74, 6) is 1.43. The molecule has 3 nitrogen and oxygen atoms in total. The third-order valence-electron chi connectivity index (χ3n) is 3.52. The lowest BCUT2D eigenvalue weighted by atomic mass is 10.1. The quantitative estimate of drug-likeness (QED) is 0.852. The summed E-state index contributed by atoms with van der Waals surface area (Å²) in [5.41, 5.74) is 6.92. The molecule has 1 aromatic carbocycles. The van der Waals surface area contributed by atoms with Gasteiger partial charge in [0.1, 0.15) is 5.75 Å². The molecule has 1 aliphatic carbocycles. The van der Waals surface area contributed by atoms with E-state index in [1.54, 1.807) is 7.11 Å². The Balaban J connectivity index is 1.84. The summed E-state index contributed by atoms with van der Waals surface area (Å²) in [7, 11) is 1.68. The Morgan fingerprint density at radius 1 is 1.24 bits per heavy atom. The average Bonchev–Trinajstić information content (AvgIpc) is 2.84. The molecule has 2 rings (SSSR count). The summed E-state index contributed by atoms with van der Waals surface area (Å²) in [6.07, 6.45) is 3.96. The standard InChI is InChI=1S/C14H21NO2/c1-16-13-7-5-11(6-8-13)10-17-14-4-2-3-12(14)9-15/h5-8,12,14H,2-4,9-10,15H2,1H3. The summed E-state index contributed by atoms with van der Waals surface area (Å²) in [4.78, 5) is 0. The first kappa shape index (κ1) is 12.4. The van der Waals surface area contributed by atoms with Crippen LogP contribution in [0.1, 0.15) is 24.8 Å². The van der Waals surface area contributed by atoms with Crippen LogP contribution in [0.2, 0.25) is 0 Å². The summed E-state index contributed by atoms with van der Waals surface area (Å²) in [6, 6.07) is 8.03. The van der Waals surface area contributed by atoms with Gasteiger partial charge in [0.15, 0.2) is 0 Å². The van der Waals surface area contributed by atoms with Gasteiger partial charge < -0.3 is 15.2 Å². The minimum atomic E-state index is 0.349. The molecule has 2 atom stereocenters. The van der Waals surface area contributed by atoms with E-state index in [0.29, 0.717) is 18.6 Å². The van der Waals surface area contributed by atoms with Crippen LogP contribution in [0.25, 0.3) is 0 Å². The summed E-state index contributed by atoms with van der Waals surface area (Å²) in [6.45, 7) is 1.42. The van der Waals surface area contributed by atoms with E-state index < -0.39 is 0 Å². The van der Waals surface area contributed by atoms with Crippen LogP contribution in [0.3, 0.4) is 0 Å². The van der Waals surface area contributed by atoms with Crippen LogP contribution in [-0.4, -0.2) is 19.8 Å². The fourth-order valence-electron chi connectivity index (χ4n) is 2.42. The third-order valence-corrected chi connectivity index (χ3v) is 3.52. The zero-order valence-electron chi connectivity index (χ0n) is 10.4. The maximum absolute atomic E-state index is 5.95. The molecule has 1 aliphatic rings. The van der Waals surface area contributed by atoms with E-state index in [9.17, 15) is 0 Å². The van der Waals surface area contributed by atoms with Gasteiger partial charge in [0.2, 0.25) is 0 Å². The molecular weight excluding hydrogens is 214 g/mol. The number of hydrogen-bond acceptors (Lipinski definition) is 3. The summed E-state index contributed by atoms with van der Waals surface area (Å²) >= 11 is 0. The number of benzene rings is 1. The van der Waals surface area contributed by atoms with E-state index in [4.69, 9.17) is 15.2 Å². The lowest BCUT2D eigenvalue weighted by Gasteiger charge is -2.18. The Morgan fingerprint density at radius 3 is 2.65 bits per heavy atom. The molecule has 2 N–H and O–H groups in total. The zero-order chi connectivity index (χ0) is 12.1. The first-order valence-electron chi connectivity index (χ1n) is 6.28. The SMILES string of the molecule is COc1ccc(COC2CCCC2CN)cc1. The molecule has 1 fully saturated rings. The van der Waals surface area contributed by atoms with Gasteiger partial charge in [-0.05, 0) is 43.0 Å². The molecule has 0 aromatic heterocycles. The summed E-state index contributed by atoms with van der Waals surface area (Å²) < 4.78 is 11.1. The smallest absolute Gasteiger partial charge is 0.118 e. The van der Waals surface area contributed by atoms with Crippen molar-refractivity contribution < 1.29 is 9.47 Å². The first-order chi connectivity index (χ1) is 8.33. The molecule has 0 radical (unpaired) electrons. The molecule has 3 heteroatoms. The minimum Gasteiger partial charge on any atom is -0.497 e. The van der Waals surface area contributed by atoms with Crippen molar-refractivity contribution in [1.29, 1.82) is 0 Å². The predicted octanol–water partition coefficient (Wildman–Crippen LogP) is 2.34. The van der Waals surface area contributed by atoms with Gasteiger partial charge in [-0.1, -0.05) is 18.6 Å². The molecule has 1 aromatic rings. The van der Waals surface area contributed by atoms with E-state index in [1.165, 1.54) is 18.4 Å². The monoisotopic (exact) mass is 235 g/mol. The molecule has 0 amide bonds. The molecule has 0 saturated heterocycles. The van der Waals surface area contributed by atoms with Crippen molar-refractivity contribution >= 4 is 0 Å². The van der Waals surface area contributed by atoms with Crippen molar-refractivity contribution in [3.63, 3.8) is 0 Å². The fourth-order valence-corrected chi connectivity index (χ4v) is 2.42. The molecule has 1 saturated carbocycles. The highest BCUT2D eigenvalue weighted by Gasteiger charge is 2.26. The van der Waals surface area contributed by atoms with E-state index in [-0.39, 0.29) is 0 Å². The van der Waals surface area contributed by atoms with Crippen LogP contribution in [0, 0.1) is 5.92 Å². The average molecular weight is 235 g/mol. The number of hydrogen-bond donors (Lipinski definition) is 1. The van der Waals surface area contributed by atoms with Crippen LogP contribution in [0.15, 0.2) is 24.3 Å². The molecule has 0 bridgehead atoms. The highest BCUT2D eigenvalue weighted by Crippen LogP contribution is 2.28. The lowest BCUT2D eigenvalue weighted by Crippen LogP contribution is -2.25. The summed E-state index contributed by atoms with van der Waals surface area (Å²) in [5, 5.41) is 0. The van der Waals surface area contributed by atoms with Gasteiger partial charge in [0.05, 0.1) is 19.8 Å². The van der Waals surface area contributed by atoms with Gasteiger partial charge in [0.25, 0.3) is 0 Å². The van der Waals surface area contributed by atoms with Crippen molar-refractivity contribution in [2.24, 2.45) is 11.7 Å². The van der Waals surface area contributed by atoms with Gasteiger partial charge in [-0.2, -0.15) is 0 Å². The van der Waals surface area contributed by atoms with Gasteiger partial charge >= 0.3 is 0 Å². The molecule has 0 aliphatic heterocycles. The molecule has 94 valence electrons. The minimum absolute atomic E-state index is 0.349. The van der Waals surface area contributed by atoms with Crippen molar-refractivity contribution in [2.45, 2.75) is 32.0 Å². The Kier molecular flexibility index (Phi) is 4.40. The second kappa shape index (κ2) is 6.03. The molecular formula is C14H21NO2. The molecule has 0 spiro atoms. The number of nitrogens with two attached hydrogens (primary N) is 1. The van der Waals surface area contributed by atoms with Gasteiger partial charge in [-0.25, -0.2) is 0 Å². The predicted molar refractivity (Wildman–Crippen MR) is 68.0 cm³/mol. The largest absolute Gasteiger partial charge is 0.497 e. The highest BCUT2D eigenvalue weighted by atomic mass is 16.5. The van der Waals surface area contributed by atoms with E-state index in [0.717, 1.165) is 18.7 Å². The van der Waals surface area contributed by atoms with Crippen LogP contribution < -0.4 is 10.5 Å². The number of ether oxygens (including phenoxy) is 2. The second-order valence-electron chi connectivity index (χ2n) is 4.62. The number of rotatable bonds is 5. The Bertz CT molecular complexity index is 337. The van der Waals surface area contributed by atoms with Crippen molar-refractivity contribution in [3.8, 4) is 5.75 Å². The fraction of sp³-hybridized carbons (Fsp3) is 0.571. The van der Waals surface area contributed by atoms with Crippen molar-refractivity contribution in [2.75, 3.05) is 13.7 Å². The van der Waals surface area contributed by atoms with Gasteiger partial charge in [-0.15, -0.1) is 0 Å². The zero-order valence-corrected chi connectivity index (χ0v) is 10.4. The van der Waals surface area contributed by atoms with Crippen LogP contribution in [0.5, 0.6) is 5.75 Å². The third kappa shape index (κ3) is 3.20. The molecule has 2 unspecified atom stereocenters. The van der Waals surface area contributed by atoms with Crippen LogP contribution >= 0.6 is 0 Å². The first-order valence-corrected chi connectivity index (χ1v) is 6.28. The molecule has 0 heterocycles. The molecule has 17 heavy (non-hydrogen) atoms. The highest BCUT2D eigenvalue weighted by molar-refractivity contribution is 5.26. The normalized spacial score (nSPS) is 23.9. The van der Waals surface area contributed by atoms with E-state index in [2.05, 4.69) is 0 Å². The van der Waals surface area contributed by atoms with Crippen molar-refractivity contribution in [3.05, 3.63) is 29.8 Å². The van der Waals surface area contributed by atoms with Crippen LogP contribution in [0.4, 0.5) is 0 Å². The van der Waals surface area contributed by atoms with Gasteiger partial charge in [0, 0.05) is 0 Å². The Hall–Kier alpha value is -1.06. The number of methoxy groups -OCH3 is 1. The topological polar surface area (TPSA) is 44.5 Å².